The van der Waals surface area contributed by atoms with E-state index in [1.807, 2.05) is 0 Å². The first-order valence-corrected chi connectivity index (χ1v) is 5.71. The number of hydrogen-bond donors (Lipinski definition) is 1. The Hall–Kier alpha value is -1.83. The number of halogens is 4. The summed E-state index contributed by atoms with van der Waals surface area (Å²) in [5.74, 6) is 0. The van der Waals surface area contributed by atoms with Crippen LogP contribution in [-0.2, 0) is 6.18 Å². The average molecular weight is 289 g/mol. The van der Waals surface area contributed by atoms with E-state index in [0.717, 1.165) is 24.4 Å². The molecule has 0 spiro atoms. The second kappa shape index (κ2) is 5.04. The maximum absolute atomic E-state index is 12.6. The smallest absolute Gasteiger partial charge is 0.398 e. The maximum Gasteiger partial charge on any atom is 0.416 e. The molecule has 3 nitrogen and oxygen atoms in total. The quantitative estimate of drug-likeness (QED) is 0.676. The van der Waals surface area contributed by atoms with Gasteiger partial charge in [0.1, 0.15) is 17.2 Å². The zero-order valence-corrected chi connectivity index (χ0v) is 10.1. The molecule has 2 N–H and O–H groups in total. The van der Waals surface area contributed by atoms with Gasteiger partial charge in [-0.05, 0) is 18.2 Å². The van der Waals surface area contributed by atoms with Crippen molar-refractivity contribution in [2.24, 2.45) is 0 Å². The first kappa shape index (κ1) is 13.6. The number of rotatable bonds is 2. The van der Waals surface area contributed by atoms with Crippen LogP contribution in [0.5, 0.6) is 0 Å². The summed E-state index contributed by atoms with van der Waals surface area (Å²) in [6, 6.07) is 2.93. The fourth-order valence-corrected chi connectivity index (χ4v) is 1.63. The van der Waals surface area contributed by atoms with E-state index >= 15 is 0 Å². The van der Waals surface area contributed by atoms with Crippen LogP contribution in [0.4, 0.5) is 22.7 Å². The summed E-state index contributed by atoms with van der Waals surface area (Å²) in [5.41, 5.74) is 5.19. The lowest BCUT2D eigenvalue weighted by atomic mass is 10.1. The van der Waals surface area contributed by atoms with Crippen molar-refractivity contribution in [1.29, 1.82) is 0 Å². The number of hydrogen-bond acceptors (Lipinski definition) is 4. The van der Waals surface area contributed by atoms with Crippen molar-refractivity contribution in [2.75, 3.05) is 5.73 Å². The molecule has 0 radical (unpaired) electrons. The molecule has 0 fully saturated rings. The summed E-state index contributed by atoms with van der Waals surface area (Å²) in [4.78, 5) is 7.53. The van der Waals surface area contributed by atoms with Gasteiger partial charge in [-0.25, -0.2) is 4.98 Å². The van der Waals surface area contributed by atoms with Gasteiger partial charge >= 0.3 is 6.18 Å². The SMILES string of the molecule is Nc1ccc(C(F)(F)F)cc1-c1cnc(SF)cn1. The minimum Gasteiger partial charge on any atom is -0.398 e. The predicted octanol–water partition coefficient (Wildman–Crippen LogP) is 3.72. The molecular formula is C11H7F4N3S. The first-order chi connectivity index (χ1) is 8.91. The summed E-state index contributed by atoms with van der Waals surface area (Å²) in [7, 11) is 0. The Morgan fingerprint density at radius 3 is 2.37 bits per heavy atom. The molecule has 0 saturated heterocycles. The largest absolute Gasteiger partial charge is 0.416 e. The van der Waals surface area contributed by atoms with Crippen molar-refractivity contribution in [3.05, 3.63) is 36.2 Å². The highest BCUT2D eigenvalue weighted by molar-refractivity contribution is 7.94. The molecule has 19 heavy (non-hydrogen) atoms. The number of aromatic nitrogens is 2. The molecule has 0 aliphatic carbocycles. The lowest BCUT2D eigenvalue weighted by Gasteiger charge is -2.10. The molecule has 0 atom stereocenters. The highest BCUT2D eigenvalue weighted by atomic mass is 32.2. The second-order valence-electron chi connectivity index (χ2n) is 3.62. The Kier molecular flexibility index (Phi) is 3.61. The van der Waals surface area contributed by atoms with Gasteiger partial charge in [0.2, 0.25) is 0 Å². The van der Waals surface area contributed by atoms with Gasteiger partial charge in [-0.15, -0.1) is 0 Å². The minimum atomic E-state index is -4.47. The molecule has 1 heterocycles. The summed E-state index contributed by atoms with van der Waals surface area (Å²) < 4.78 is 50.0. The zero-order chi connectivity index (χ0) is 14.0. The first-order valence-electron chi connectivity index (χ1n) is 4.99. The molecule has 0 saturated carbocycles. The Bertz CT molecular complexity index is 583. The lowest BCUT2D eigenvalue weighted by Crippen LogP contribution is -2.06. The highest BCUT2D eigenvalue weighted by Crippen LogP contribution is 2.34. The van der Waals surface area contributed by atoms with Crippen LogP contribution in [-0.4, -0.2) is 9.97 Å². The number of benzene rings is 1. The number of alkyl halides is 3. The van der Waals surface area contributed by atoms with E-state index in [1.54, 1.807) is 0 Å². The van der Waals surface area contributed by atoms with E-state index in [4.69, 9.17) is 5.73 Å². The van der Waals surface area contributed by atoms with Crippen LogP contribution >= 0.6 is 12.1 Å². The van der Waals surface area contributed by atoms with E-state index in [2.05, 4.69) is 9.97 Å². The Labute approximate surface area is 110 Å². The van der Waals surface area contributed by atoms with Crippen LogP contribution in [0.2, 0.25) is 0 Å². The third kappa shape index (κ3) is 2.95. The van der Waals surface area contributed by atoms with Crippen molar-refractivity contribution in [3.63, 3.8) is 0 Å². The summed E-state index contributed by atoms with van der Waals surface area (Å²) in [6.07, 6.45) is -2.17. The Balaban J connectivity index is 2.48. The van der Waals surface area contributed by atoms with Gasteiger partial charge in [-0.3, -0.25) is 4.98 Å². The summed E-state index contributed by atoms with van der Waals surface area (Å²) in [5, 5.41) is 0.0225. The molecule has 0 bridgehead atoms. The monoisotopic (exact) mass is 289 g/mol. The molecule has 0 unspecified atom stereocenters. The van der Waals surface area contributed by atoms with Crippen molar-refractivity contribution in [1.82, 2.24) is 9.97 Å². The number of nitrogens with zero attached hydrogens (tertiary/aromatic N) is 2. The number of anilines is 1. The van der Waals surface area contributed by atoms with E-state index in [1.165, 1.54) is 6.20 Å². The molecule has 8 heteroatoms. The fraction of sp³-hybridized carbons (Fsp3) is 0.0909. The normalized spacial score (nSPS) is 11.6. The van der Waals surface area contributed by atoms with Gasteiger partial charge < -0.3 is 5.73 Å². The molecule has 100 valence electrons. The minimum absolute atomic E-state index is 0.0225. The average Bonchev–Trinajstić information content (AvgIpc) is 2.38. The van der Waals surface area contributed by atoms with Crippen LogP contribution in [0, 0.1) is 0 Å². The molecule has 2 aromatic rings. The highest BCUT2D eigenvalue weighted by Gasteiger charge is 2.31. The van der Waals surface area contributed by atoms with Gasteiger partial charge in [0, 0.05) is 11.3 Å². The van der Waals surface area contributed by atoms with Crippen LogP contribution in [0.3, 0.4) is 0 Å². The van der Waals surface area contributed by atoms with E-state index in [-0.39, 0.29) is 34.1 Å². The van der Waals surface area contributed by atoms with Crippen molar-refractivity contribution >= 4 is 17.8 Å². The van der Waals surface area contributed by atoms with Gasteiger partial charge in [0.15, 0.2) is 0 Å². The maximum atomic E-state index is 12.6. The standard InChI is InChI=1S/C11H7F4N3S/c12-11(13,14)6-1-2-8(16)7(3-6)9-4-18-10(19-15)5-17-9/h1-5H,16H2. The Morgan fingerprint density at radius 1 is 1.11 bits per heavy atom. The summed E-state index contributed by atoms with van der Waals surface area (Å²) in [6.45, 7) is 0. The zero-order valence-electron chi connectivity index (χ0n) is 9.28. The van der Waals surface area contributed by atoms with E-state index in [0.29, 0.717) is 0 Å². The molecule has 0 aliphatic heterocycles. The van der Waals surface area contributed by atoms with E-state index in [9.17, 15) is 17.1 Å². The van der Waals surface area contributed by atoms with Gasteiger partial charge in [0.05, 0.1) is 23.7 Å². The number of nitrogens with two attached hydrogens (primary N) is 1. The van der Waals surface area contributed by atoms with Crippen molar-refractivity contribution < 1.29 is 17.1 Å². The topological polar surface area (TPSA) is 51.8 Å². The second-order valence-corrected chi connectivity index (χ2v) is 4.19. The van der Waals surface area contributed by atoms with Crippen LogP contribution < -0.4 is 5.73 Å². The van der Waals surface area contributed by atoms with Crippen LogP contribution in [0.15, 0.2) is 35.6 Å². The molecule has 1 aromatic carbocycles. The molecule has 0 amide bonds. The Morgan fingerprint density at radius 2 is 1.84 bits per heavy atom. The number of nitrogen functional groups attached to an aromatic ring is 1. The summed E-state index contributed by atoms with van der Waals surface area (Å²) >= 11 is -0.101. The third-order valence-electron chi connectivity index (χ3n) is 2.36. The third-order valence-corrected chi connectivity index (χ3v) is 2.73. The fourth-order valence-electron chi connectivity index (χ4n) is 1.45. The van der Waals surface area contributed by atoms with Crippen molar-refractivity contribution in [2.45, 2.75) is 11.2 Å². The van der Waals surface area contributed by atoms with Gasteiger partial charge in [0.25, 0.3) is 0 Å². The molecule has 0 aliphatic rings. The van der Waals surface area contributed by atoms with Crippen LogP contribution in [0.25, 0.3) is 11.3 Å². The van der Waals surface area contributed by atoms with Crippen molar-refractivity contribution in [3.8, 4) is 11.3 Å². The predicted molar refractivity (Wildman–Crippen MR) is 63.8 cm³/mol. The van der Waals surface area contributed by atoms with E-state index < -0.39 is 11.7 Å². The molecular weight excluding hydrogens is 282 g/mol. The lowest BCUT2D eigenvalue weighted by molar-refractivity contribution is -0.137. The van der Waals surface area contributed by atoms with Gasteiger partial charge in [-0.2, -0.15) is 17.1 Å². The molecule has 2 rings (SSSR count). The van der Waals surface area contributed by atoms with Crippen LogP contribution in [0.1, 0.15) is 5.56 Å². The van der Waals surface area contributed by atoms with Gasteiger partial charge in [-0.1, -0.05) is 0 Å². The molecule has 1 aromatic heterocycles.